The molecule has 0 fully saturated rings. The molecular formula is C13H15N5O3. The summed E-state index contributed by atoms with van der Waals surface area (Å²) < 4.78 is 1.49. The second kappa shape index (κ2) is 5.70. The lowest BCUT2D eigenvalue weighted by Gasteiger charge is -2.18. The van der Waals surface area contributed by atoms with Crippen molar-refractivity contribution in [2.24, 2.45) is 5.41 Å². The first kappa shape index (κ1) is 14.6. The highest BCUT2D eigenvalue weighted by Crippen LogP contribution is 2.21. The van der Waals surface area contributed by atoms with Crippen LogP contribution in [0.4, 0.5) is 5.69 Å². The van der Waals surface area contributed by atoms with Gasteiger partial charge in [0.05, 0.1) is 11.1 Å². The van der Waals surface area contributed by atoms with Crippen LogP contribution in [0.2, 0.25) is 0 Å². The highest BCUT2D eigenvalue weighted by molar-refractivity contribution is 5.94. The molecular weight excluding hydrogens is 274 g/mol. The molecule has 0 bridgehead atoms. The molecule has 8 nitrogen and oxygen atoms in total. The topological polar surface area (TPSA) is 110 Å². The molecule has 0 spiro atoms. The average molecular weight is 289 g/mol. The van der Waals surface area contributed by atoms with E-state index in [0.29, 0.717) is 5.69 Å². The van der Waals surface area contributed by atoms with Crippen LogP contribution in [-0.2, 0) is 9.59 Å². The molecule has 2 N–H and O–H groups in total. The molecule has 0 saturated heterocycles. The lowest BCUT2D eigenvalue weighted by Crippen LogP contribution is -2.29. The Kier molecular flexibility index (Phi) is 3.97. The minimum atomic E-state index is -1.10. The van der Waals surface area contributed by atoms with Crippen LogP contribution in [0.3, 0.4) is 0 Å². The second-order valence-corrected chi connectivity index (χ2v) is 5.22. The number of aliphatic carboxylic acids is 1. The third kappa shape index (κ3) is 3.62. The smallest absolute Gasteiger partial charge is 0.309 e. The fourth-order valence-electron chi connectivity index (χ4n) is 1.66. The molecule has 8 heteroatoms. The summed E-state index contributed by atoms with van der Waals surface area (Å²) in [5.74, 6) is -1.36. The lowest BCUT2D eigenvalue weighted by molar-refractivity contribution is -0.148. The Hall–Kier alpha value is -2.77. The number of benzene rings is 1. The van der Waals surface area contributed by atoms with Crippen molar-refractivity contribution in [3.8, 4) is 5.69 Å². The number of carbonyl (C=O) groups excluding carboxylic acids is 1. The summed E-state index contributed by atoms with van der Waals surface area (Å²) in [4.78, 5) is 22.8. The lowest BCUT2D eigenvalue weighted by atomic mass is 9.89. The second-order valence-electron chi connectivity index (χ2n) is 5.22. The van der Waals surface area contributed by atoms with Crippen molar-refractivity contribution in [3.63, 3.8) is 0 Å². The van der Waals surface area contributed by atoms with E-state index in [1.54, 1.807) is 24.3 Å². The van der Waals surface area contributed by atoms with Gasteiger partial charge in [0, 0.05) is 12.1 Å². The summed E-state index contributed by atoms with van der Waals surface area (Å²) >= 11 is 0. The Labute approximate surface area is 120 Å². The van der Waals surface area contributed by atoms with Crippen LogP contribution in [0.15, 0.2) is 30.6 Å². The third-order valence-electron chi connectivity index (χ3n) is 2.95. The predicted molar refractivity (Wildman–Crippen MR) is 73.8 cm³/mol. The van der Waals surface area contributed by atoms with Gasteiger partial charge in [-0.05, 0) is 48.5 Å². The van der Waals surface area contributed by atoms with Crippen LogP contribution < -0.4 is 5.32 Å². The number of hydrogen-bond donors (Lipinski definition) is 2. The van der Waals surface area contributed by atoms with Crippen molar-refractivity contribution >= 4 is 17.6 Å². The van der Waals surface area contributed by atoms with Crippen molar-refractivity contribution in [1.29, 1.82) is 0 Å². The van der Waals surface area contributed by atoms with E-state index in [1.807, 2.05) is 0 Å². The van der Waals surface area contributed by atoms with Crippen LogP contribution in [-0.4, -0.2) is 37.2 Å². The van der Waals surface area contributed by atoms with Gasteiger partial charge in [-0.15, -0.1) is 5.10 Å². The largest absolute Gasteiger partial charge is 0.481 e. The van der Waals surface area contributed by atoms with E-state index in [1.165, 1.54) is 24.9 Å². The van der Waals surface area contributed by atoms with Crippen molar-refractivity contribution in [2.45, 2.75) is 20.3 Å². The number of aromatic nitrogens is 4. The van der Waals surface area contributed by atoms with E-state index in [9.17, 15) is 9.59 Å². The van der Waals surface area contributed by atoms with Crippen LogP contribution in [0.5, 0.6) is 0 Å². The SMILES string of the molecule is CC(C)(CC(=O)Nc1ccc(-n2cnnn2)cc1)C(=O)O. The monoisotopic (exact) mass is 289 g/mol. The highest BCUT2D eigenvalue weighted by Gasteiger charge is 2.30. The maximum atomic E-state index is 11.8. The number of rotatable bonds is 5. The number of anilines is 1. The number of carboxylic acids is 1. The Balaban J connectivity index is 2.01. The molecule has 1 aromatic carbocycles. The van der Waals surface area contributed by atoms with Gasteiger partial charge in [-0.25, -0.2) is 4.68 Å². The van der Waals surface area contributed by atoms with Gasteiger partial charge in [0.2, 0.25) is 5.91 Å². The summed E-state index contributed by atoms with van der Waals surface area (Å²) in [5, 5.41) is 22.5. The van der Waals surface area contributed by atoms with E-state index in [4.69, 9.17) is 5.11 Å². The van der Waals surface area contributed by atoms with Crippen molar-refractivity contribution < 1.29 is 14.7 Å². The van der Waals surface area contributed by atoms with Crippen molar-refractivity contribution in [1.82, 2.24) is 20.2 Å². The molecule has 0 aliphatic carbocycles. The van der Waals surface area contributed by atoms with E-state index < -0.39 is 11.4 Å². The summed E-state index contributed by atoms with van der Waals surface area (Å²) in [6.07, 6.45) is 1.36. The van der Waals surface area contributed by atoms with E-state index in [2.05, 4.69) is 20.8 Å². The minimum absolute atomic E-state index is 0.100. The number of nitrogens with one attached hydrogen (secondary N) is 1. The van der Waals surface area contributed by atoms with E-state index in [0.717, 1.165) is 5.69 Å². The zero-order chi connectivity index (χ0) is 15.5. The van der Waals surface area contributed by atoms with Crippen LogP contribution in [0.1, 0.15) is 20.3 Å². The third-order valence-corrected chi connectivity index (χ3v) is 2.95. The Bertz CT molecular complexity index is 634. The standard InChI is InChI=1S/C13H15N5O3/c1-13(2,12(20)21)7-11(19)15-9-3-5-10(6-4-9)18-8-14-16-17-18/h3-6,8H,7H2,1-2H3,(H,15,19)(H,20,21). The average Bonchev–Trinajstić information content (AvgIpc) is 2.92. The first-order valence-electron chi connectivity index (χ1n) is 6.25. The van der Waals surface area contributed by atoms with Gasteiger partial charge in [-0.3, -0.25) is 9.59 Å². The van der Waals surface area contributed by atoms with Gasteiger partial charge in [0.15, 0.2) is 0 Å². The van der Waals surface area contributed by atoms with Gasteiger partial charge >= 0.3 is 5.97 Å². The van der Waals surface area contributed by atoms with Crippen LogP contribution >= 0.6 is 0 Å². The molecule has 0 aliphatic heterocycles. The molecule has 1 heterocycles. The highest BCUT2D eigenvalue weighted by atomic mass is 16.4. The van der Waals surface area contributed by atoms with Crippen LogP contribution in [0.25, 0.3) is 5.69 Å². The number of amides is 1. The number of nitrogens with zero attached hydrogens (tertiary/aromatic N) is 4. The van der Waals surface area contributed by atoms with Gasteiger partial charge in [-0.1, -0.05) is 0 Å². The zero-order valence-corrected chi connectivity index (χ0v) is 11.6. The maximum Gasteiger partial charge on any atom is 0.309 e. The number of hydrogen-bond acceptors (Lipinski definition) is 5. The summed E-state index contributed by atoms with van der Waals surface area (Å²) in [6, 6.07) is 6.88. The molecule has 0 unspecified atom stereocenters. The van der Waals surface area contributed by atoms with Crippen molar-refractivity contribution in [3.05, 3.63) is 30.6 Å². The molecule has 1 aromatic heterocycles. The van der Waals surface area contributed by atoms with Gasteiger partial charge in [0.1, 0.15) is 6.33 Å². The molecule has 21 heavy (non-hydrogen) atoms. The zero-order valence-electron chi connectivity index (χ0n) is 11.6. The molecule has 0 radical (unpaired) electrons. The fraction of sp³-hybridized carbons (Fsp3) is 0.308. The quantitative estimate of drug-likeness (QED) is 0.853. The molecule has 0 atom stereocenters. The maximum absolute atomic E-state index is 11.8. The molecule has 0 aliphatic rings. The summed E-state index contributed by atoms with van der Waals surface area (Å²) in [6.45, 7) is 3.02. The van der Waals surface area contributed by atoms with E-state index in [-0.39, 0.29) is 12.3 Å². The molecule has 110 valence electrons. The normalized spacial score (nSPS) is 11.1. The van der Waals surface area contributed by atoms with Gasteiger partial charge < -0.3 is 10.4 Å². The predicted octanol–water partition coefficient (Wildman–Crippen LogP) is 1.10. The van der Waals surface area contributed by atoms with Gasteiger partial charge in [-0.2, -0.15) is 0 Å². The first-order valence-corrected chi connectivity index (χ1v) is 6.25. The number of carbonyl (C=O) groups is 2. The number of tetrazole rings is 1. The van der Waals surface area contributed by atoms with Crippen molar-refractivity contribution in [2.75, 3.05) is 5.32 Å². The summed E-state index contributed by atoms with van der Waals surface area (Å²) in [5.41, 5.74) is 0.234. The Morgan fingerprint density at radius 1 is 1.29 bits per heavy atom. The Morgan fingerprint density at radius 2 is 1.95 bits per heavy atom. The minimum Gasteiger partial charge on any atom is -0.481 e. The fourth-order valence-corrected chi connectivity index (χ4v) is 1.66. The first-order chi connectivity index (χ1) is 9.88. The number of carboxylic acid groups (broad SMARTS) is 1. The molecule has 0 saturated carbocycles. The molecule has 2 rings (SSSR count). The van der Waals surface area contributed by atoms with Crippen LogP contribution in [0, 0.1) is 5.41 Å². The molecule has 1 amide bonds. The molecule has 2 aromatic rings. The van der Waals surface area contributed by atoms with Gasteiger partial charge in [0.25, 0.3) is 0 Å². The van der Waals surface area contributed by atoms with E-state index >= 15 is 0 Å². The Morgan fingerprint density at radius 3 is 2.48 bits per heavy atom. The summed E-state index contributed by atoms with van der Waals surface area (Å²) in [7, 11) is 0.